The highest BCUT2D eigenvalue weighted by Crippen LogP contribution is 2.23. The molecule has 2 aromatic rings. The van der Waals surface area contributed by atoms with Crippen LogP contribution in [0.3, 0.4) is 0 Å². The first-order chi connectivity index (χ1) is 13.0. The lowest BCUT2D eigenvalue weighted by Crippen LogP contribution is -2.55. The molecule has 7 nitrogen and oxygen atoms in total. The zero-order valence-electron chi connectivity index (χ0n) is 15.0. The summed E-state index contributed by atoms with van der Waals surface area (Å²) in [7, 11) is 1.47. The van der Waals surface area contributed by atoms with Gasteiger partial charge in [0.25, 0.3) is 11.8 Å². The van der Waals surface area contributed by atoms with Crippen molar-refractivity contribution >= 4 is 11.8 Å². The van der Waals surface area contributed by atoms with Crippen molar-refractivity contribution in [3.05, 3.63) is 59.7 Å². The normalized spacial score (nSPS) is 19.4. The predicted octanol–water partition coefficient (Wildman–Crippen LogP) is 1.41. The number of likely N-dealkylation sites (tertiary alicyclic amines) is 1. The molecule has 0 bridgehead atoms. The van der Waals surface area contributed by atoms with Crippen LogP contribution in [0, 0.1) is 0 Å². The maximum atomic E-state index is 12.5. The number of aliphatic hydroxyl groups is 1. The van der Waals surface area contributed by atoms with E-state index >= 15 is 0 Å². The Kier molecular flexibility index (Phi) is 5.61. The zero-order valence-corrected chi connectivity index (χ0v) is 15.0. The van der Waals surface area contributed by atoms with Gasteiger partial charge in [0.2, 0.25) is 0 Å². The Balaban J connectivity index is 1.63. The molecule has 1 saturated heterocycles. The summed E-state index contributed by atoms with van der Waals surface area (Å²) in [6.07, 6.45) is -0.487. The minimum Gasteiger partial charge on any atom is -0.507 e. The Bertz CT molecular complexity index is 824. The van der Waals surface area contributed by atoms with Crippen LogP contribution in [-0.4, -0.2) is 59.3 Å². The second kappa shape index (κ2) is 8.09. The van der Waals surface area contributed by atoms with Gasteiger partial charge in [-0.05, 0) is 36.8 Å². The second-order valence-electron chi connectivity index (χ2n) is 6.44. The molecular formula is C20H22N2O5. The maximum absolute atomic E-state index is 12.5. The molecule has 0 aliphatic carbocycles. The summed E-state index contributed by atoms with van der Waals surface area (Å²) in [5, 5.41) is 23.0. The number of nitrogens with one attached hydrogen (secondary N) is 1. The summed E-state index contributed by atoms with van der Waals surface area (Å²) in [5.41, 5.74) is 0.637. The molecule has 7 heteroatoms. The highest BCUT2D eigenvalue weighted by Gasteiger charge is 2.32. The van der Waals surface area contributed by atoms with E-state index in [1.807, 2.05) is 6.07 Å². The summed E-state index contributed by atoms with van der Waals surface area (Å²) in [5.74, 6) is -0.371. The number of carbonyl (C=O) groups excluding carboxylic acids is 2. The van der Waals surface area contributed by atoms with Crippen molar-refractivity contribution in [2.75, 3.05) is 20.2 Å². The van der Waals surface area contributed by atoms with Crippen molar-refractivity contribution < 1.29 is 24.5 Å². The average Bonchev–Trinajstić information content (AvgIpc) is 2.70. The smallest absolute Gasteiger partial charge is 0.255 e. The van der Waals surface area contributed by atoms with Gasteiger partial charge in [0.1, 0.15) is 11.5 Å². The molecule has 2 aromatic carbocycles. The fourth-order valence-electron chi connectivity index (χ4n) is 3.12. The number of aromatic hydroxyl groups is 1. The summed E-state index contributed by atoms with van der Waals surface area (Å²) in [6, 6.07) is 12.7. The van der Waals surface area contributed by atoms with Gasteiger partial charge in [-0.15, -0.1) is 0 Å². The first-order valence-corrected chi connectivity index (χ1v) is 8.70. The second-order valence-corrected chi connectivity index (χ2v) is 6.44. The van der Waals surface area contributed by atoms with Gasteiger partial charge in [-0.3, -0.25) is 9.59 Å². The van der Waals surface area contributed by atoms with Gasteiger partial charge >= 0.3 is 0 Å². The standard InChI is InChI=1S/C20H22N2O5/c1-27-14-7-8-17(23)15(11-14)19(25)21-16-9-10-22(12-18(16)24)20(26)13-5-3-2-4-6-13/h2-8,11,16,18,23-24H,9-10,12H2,1H3,(H,21,25)/t16-,18-/m1/s1. The number of phenols is 1. The van der Waals surface area contributed by atoms with E-state index in [1.54, 1.807) is 35.2 Å². The third-order valence-corrected chi connectivity index (χ3v) is 4.65. The largest absolute Gasteiger partial charge is 0.507 e. The molecule has 0 unspecified atom stereocenters. The Hall–Kier alpha value is -3.06. The number of carbonyl (C=O) groups is 2. The Morgan fingerprint density at radius 2 is 1.93 bits per heavy atom. The van der Waals surface area contributed by atoms with Crippen molar-refractivity contribution in [1.82, 2.24) is 10.2 Å². The monoisotopic (exact) mass is 370 g/mol. The van der Waals surface area contributed by atoms with Gasteiger partial charge in [-0.25, -0.2) is 0 Å². The third kappa shape index (κ3) is 4.20. The van der Waals surface area contributed by atoms with Gasteiger partial charge in [0, 0.05) is 18.7 Å². The molecule has 1 aliphatic heterocycles. The van der Waals surface area contributed by atoms with E-state index in [0.29, 0.717) is 24.3 Å². The molecular weight excluding hydrogens is 348 g/mol. The minimum absolute atomic E-state index is 0.0735. The van der Waals surface area contributed by atoms with E-state index in [4.69, 9.17) is 4.74 Å². The number of ether oxygens (including phenoxy) is 1. The van der Waals surface area contributed by atoms with Crippen LogP contribution in [0.1, 0.15) is 27.1 Å². The van der Waals surface area contributed by atoms with E-state index in [0.717, 1.165) is 0 Å². The number of aliphatic hydroxyl groups excluding tert-OH is 1. The molecule has 0 saturated carbocycles. The first kappa shape index (κ1) is 18.7. The number of piperidine rings is 1. The molecule has 3 rings (SSSR count). The number of methoxy groups -OCH3 is 1. The molecule has 2 atom stereocenters. The van der Waals surface area contributed by atoms with E-state index in [2.05, 4.69) is 5.32 Å². The van der Waals surface area contributed by atoms with E-state index in [1.165, 1.54) is 19.2 Å². The van der Waals surface area contributed by atoms with Crippen LogP contribution in [-0.2, 0) is 0 Å². The van der Waals surface area contributed by atoms with Crippen molar-refractivity contribution in [1.29, 1.82) is 0 Å². The zero-order chi connectivity index (χ0) is 19.4. The molecule has 1 heterocycles. The van der Waals surface area contributed by atoms with Gasteiger partial charge in [-0.2, -0.15) is 0 Å². The number of rotatable bonds is 4. The fourth-order valence-corrected chi connectivity index (χ4v) is 3.12. The third-order valence-electron chi connectivity index (χ3n) is 4.65. The molecule has 1 fully saturated rings. The van der Waals surface area contributed by atoms with Crippen molar-refractivity contribution in [2.24, 2.45) is 0 Å². The minimum atomic E-state index is -0.900. The van der Waals surface area contributed by atoms with Crippen LogP contribution in [0.25, 0.3) is 0 Å². The predicted molar refractivity (Wildman–Crippen MR) is 98.9 cm³/mol. The van der Waals surface area contributed by atoms with Gasteiger partial charge in [0.15, 0.2) is 0 Å². The van der Waals surface area contributed by atoms with Crippen LogP contribution in [0.5, 0.6) is 11.5 Å². The Morgan fingerprint density at radius 1 is 1.19 bits per heavy atom. The quantitative estimate of drug-likeness (QED) is 0.756. The van der Waals surface area contributed by atoms with Crippen LogP contribution in [0.2, 0.25) is 0 Å². The number of hydrogen-bond acceptors (Lipinski definition) is 5. The molecule has 3 N–H and O–H groups in total. The van der Waals surface area contributed by atoms with Crippen molar-refractivity contribution in [2.45, 2.75) is 18.6 Å². The lowest BCUT2D eigenvalue weighted by molar-refractivity contribution is 0.0314. The molecule has 1 aliphatic rings. The highest BCUT2D eigenvalue weighted by atomic mass is 16.5. The van der Waals surface area contributed by atoms with Gasteiger partial charge < -0.3 is 25.2 Å². The molecule has 0 aromatic heterocycles. The van der Waals surface area contributed by atoms with E-state index < -0.39 is 18.1 Å². The molecule has 2 amide bonds. The summed E-state index contributed by atoms with van der Waals surface area (Å²) >= 11 is 0. The molecule has 142 valence electrons. The van der Waals surface area contributed by atoms with Gasteiger partial charge in [-0.1, -0.05) is 18.2 Å². The molecule has 0 radical (unpaired) electrons. The highest BCUT2D eigenvalue weighted by molar-refractivity contribution is 5.97. The van der Waals surface area contributed by atoms with Crippen LogP contribution < -0.4 is 10.1 Å². The summed E-state index contributed by atoms with van der Waals surface area (Å²) < 4.78 is 5.07. The molecule has 0 spiro atoms. The van der Waals surface area contributed by atoms with Crippen LogP contribution in [0.15, 0.2) is 48.5 Å². The molecule has 27 heavy (non-hydrogen) atoms. The number of phenolic OH excluding ortho intramolecular Hbond substituents is 1. The number of benzene rings is 2. The van der Waals surface area contributed by atoms with E-state index in [-0.39, 0.29) is 23.8 Å². The first-order valence-electron chi connectivity index (χ1n) is 8.70. The van der Waals surface area contributed by atoms with Crippen LogP contribution in [0.4, 0.5) is 0 Å². The number of β-amino-alcohol motifs (C(OH)–C–C–N with tert-alkyl or cyclic N) is 1. The Labute approximate surface area is 157 Å². The number of hydrogen-bond donors (Lipinski definition) is 3. The topological polar surface area (TPSA) is 99.1 Å². The van der Waals surface area contributed by atoms with Crippen LogP contribution >= 0.6 is 0 Å². The maximum Gasteiger partial charge on any atom is 0.255 e. The van der Waals surface area contributed by atoms with Gasteiger partial charge in [0.05, 0.1) is 24.8 Å². The summed E-state index contributed by atoms with van der Waals surface area (Å²) in [4.78, 5) is 26.5. The lowest BCUT2D eigenvalue weighted by atomic mass is 10.00. The van der Waals surface area contributed by atoms with Crippen molar-refractivity contribution in [3.63, 3.8) is 0 Å². The lowest BCUT2D eigenvalue weighted by Gasteiger charge is -2.36. The average molecular weight is 370 g/mol. The van der Waals surface area contributed by atoms with E-state index in [9.17, 15) is 19.8 Å². The SMILES string of the molecule is COc1ccc(O)c(C(=O)N[C@@H]2CCN(C(=O)c3ccccc3)C[C@H]2O)c1. The number of amides is 2. The number of nitrogens with zero attached hydrogens (tertiary/aromatic N) is 1. The fraction of sp³-hybridized carbons (Fsp3) is 0.300. The Morgan fingerprint density at radius 3 is 2.59 bits per heavy atom. The summed E-state index contributed by atoms with van der Waals surface area (Å²) in [6.45, 7) is 0.544. The van der Waals surface area contributed by atoms with Crippen molar-refractivity contribution in [3.8, 4) is 11.5 Å².